The van der Waals surface area contributed by atoms with Crippen molar-refractivity contribution in [1.29, 1.82) is 0 Å². The lowest BCUT2D eigenvalue weighted by Crippen LogP contribution is -2.37. The molecule has 2 rings (SSSR count). The molecule has 1 saturated heterocycles. The van der Waals surface area contributed by atoms with Crippen LogP contribution >= 0.6 is 0 Å². The normalized spacial score (nSPS) is 29.0. The first-order chi connectivity index (χ1) is 6.79. The molecule has 1 radical (unpaired) electrons. The maximum absolute atomic E-state index is 9.91. The summed E-state index contributed by atoms with van der Waals surface area (Å²) in [4.78, 5) is 1.99. The van der Waals surface area contributed by atoms with E-state index in [1.807, 2.05) is 23.1 Å². The van der Waals surface area contributed by atoms with E-state index in [4.69, 9.17) is 0 Å². The molecule has 2 atom stereocenters. The molecule has 2 heteroatoms. The van der Waals surface area contributed by atoms with Crippen molar-refractivity contribution in [2.24, 2.45) is 0 Å². The van der Waals surface area contributed by atoms with E-state index >= 15 is 0 Å². The van der Waals surface area contributed by atoms with Crippen LogP contribution in [0.15, 0.2) is 30.3 Å². The minimum atomic E-state index is -0.274. The Bertz CT molecular complexity index is 276. The van der Waals surface area contributed by atoms with E-state index in [1.165, 1.54) is 0 Å². The van der Waals surface area contributed by atoms with Gasteiger partial charge in [0.25, 0.3) is 0 Å². The molecule has 14 heavy (non-hydrogen) atoms. The summed E-state index contributed by atoms with van der Waals surface area (Å²) < 4.78 is 0. The van der Waals surface area contributed by atoms with Crippen molar-refractivity contribution in [2.45, 2.75) is 25.0 Å². The summed E-state index contributed by atoms with van der Waals surface area (Å²) in [6, 6.07) is 10.2. The fourth-order valence-electron chi connectivity index (χ4n) is 2.13. The molecule has 1 aromatic rings. The fourth-order valence-corrected chi connectivity index (χ4v) is 2.13. The van der Waals surface area contributed by atoms with E-state index in [-0.39, 0.29) is 12.1 Å². The van der Waals surface area contributed by atoms with Crippen molar-refractivity contribution in [2.75, 3.05) is 6.54 Å². The predicted octanol–water partition coefficient (Wildman–Crippen LogP) is 1.98. The van der Waals surface area contributed by atoms with E-state index in [0.29, 0.717) is 0 Å². The first-order valence-corrected chi connectivity index (χ1v) is 5.09. The van der Waals surface area contributed by atoms with Gasteiger partial charge in [0.05, 0.1) is 12.1 Å². The van der Waals surface area contributed by atoms with Gasteiger partial charge in [-0.2, -0.15) is 0 Å². The van der Waals surface area contributed by atoms with Crippen molar-refractivity contribution in [3.05, 3.63) is 42.9 Å². The van der Waals surface area contributed by atoms with Gasteiger partial charge in [-0.05, 0) is 24.9 Å². The van der Waals surface area contributed by atoms with Crippen molar-refractivity contribution >= 4 is 0 Å². The second-order valence-corrected chi connectivity index (χ2v) is 3.88. The summed E-state index contributed by atoms with van der Waals surface area (Å²) in [5, 5.41) is 9.91. The van der Waals surface area contributed by atoms with Crippen LogP contribution in [0.5, 0.6) is 0 Å². The Morgan fingerprint density at radius 3 is 2.64 bits per heavy atom. The summed E-state index contributed by atoms with van der Waals surface area (Å²) in [5.74, 6) is 0. The van der Waals surface area contributed by atoms with Gasteiger partial charge < -0.3 is 5.11 Å². The zero-order valence-corrected chi connectivity index (χ0v) is 8.26. The third-order valence-corrected chi connectivity index (χ3v) is 2.84. The molecule has 1 aliphatic rings. The topological polar surface area (TPSA) is 23.5 Å². The third-order valence-electron chi connectivity index (χ3n) is 2.84. The van der Waals surface area contributed by atoms with Crippen LogP contribution in [-0.2, 0) is 0 Å². The second kappa shape index (κ2) is 4.11. The molecule has 2 unspecified atom stereocenters. The highest BCUT2D eigenvalue weighted by Crippen LogP contribution is 2.30. The van der Waals surface area contributed by atoms with Crippen molar-refractivity contribution < 1.29 is 5.11 Å². The van der Waals surface area contributed by atoms with E-state index in [9.17, 15) is 5.11 Å². The van der Waals surface area contributed by atoms with Gasteiger partial charge in [0, 0.05) is 7.05 Å². The highest BCUT2D eigenvalue weighted by molar-refractivity contribution is 5.20. The first-order valence-electron chi connectivity index (χ1n) is 5.09. The number of nitrogens with zero attached hydrogens (tertiary/aromatic N) is 1. The van der Waals surface area contributed by atoms with Crippen LogP contribution in [0.25, 0.3) is 0 Å². The highest BCUT2D eigenvalue weighted by Gasteiger charge is 2.28. The molecule has 1 fully saturated rings. The Morgan fingerprint density at radius 1 is 1.29 bits per heavy atom. The molecule has 1 heterocycles. The Kier molecular flexibility index (Phi) is 2.85. The lowest BCUT2D eigenvalue weighted by Gasteiger charge is -2.36. The average molecular weight is 190 g/mol. The fraction of sp³-hybridized carbons (Fsp3) is 0.417. The minimum Gasteiger partial charge on any atom is -0.391 e. The maximum Gasteiger partial charge on any atom is 0.0737 e. The molecule has 0 bridgehead atoms. The smallest absolute Gasteiger partial charge is 0.0737 e. The summed E-state index contributed by atoms with van der Waals surface area (Å²) >= 11 is 0. The Labute approximate surface area is 85.2 Å². The quantitative estimate of drug-likeness (QED) is 0.732. The van der Waals surface area contributed by atoms with Crippen LogP contribution in [0.1, 0.15) is 24.4 Å². The molecule has 1 N–H and O–H groups in total. The molecule has 2 nitrogen and oxygen atoms in total. The zero-order chi connectivity index (χ0) is 9.97. The summed E-state index contributed by atoms with van der Waals surface area (Å²) in [7, 11) is 3.98. The van der Waals surface area contributed by atoms with Gasteiger partial charge in [-0.1, -0.05) is 30.3 Å². The molecule has 0 amide bonds. The summed E-state index contributed by atoms with van der Waals surface area (Å²) in [5.41, 5.74) is 1.16. The van der Waals surface area contributed by atoms with Gasteiger partial charge in [0.2, 0.25) is 0 Å². The van der Waals surface area contributed by atoms with E-state index < -0.39 is 0 Å². The number of aliphatic hydroxyl groups is 1. The van der Waals surface area contributed by atoms with Crippen LogP contribution in [-0.4, -0.2) is 22.7 Å². The molecular weight excluding hydrogens is 174 g/mol. The second-order valence-electron chi connectivity index (χ2n) is 3.88. The van der Waals surface area contributed by atoms with E-state index in [0.717, 1.165) is 24.9 Å². The molecule has 0 spiro atoms. The average Bonchev–Trinajstić information content (AvgIpc) is 2.19. The number of rotatable bonds is 1. The largest absolute Gasteiger partial charge is 0.391 e. The van der Waals surface area contributed by atoms with Crippen molar-refractivity contribution in [3.63, 3.8) is 0 Å². The Hall–Kier alpha value is -0.860. The van der Waals surface area contributed by atoms with Crippen LogP contribution in [0, 0.1) is 7.05 Å². The molecule has 75 valence electrons. The van der Waals surface area contributed by atoms with E-state index in [2.05, 4.69) is 19.2 Å². The van der Waals surface area contributed by atoms with Gasteiger partial charge in [0.1, 0.15) is 0 Å². The van der Waals surface area contributed by atoms with Crippen LogP contribution in [0.3, 0.4) is 0 Å². The molecule has 1 aromatic carbocycles. The minimum absolute atomic E-state index is 0.0740. The van der Waals surface area contributed by atoms with Gasteiger partial charge in [-0.25, -0.2) is 0 Å². The molecule has 0 saturated carbocycles. The lowest BCUT2D eigenvalue weighted by atomic mass is 9.93. The number of piperidine rings is 1. The van der Waals surface area contributed by atoms with Crippen LogP contribution in [0.4, 0.5) is 0 Å². The van der Waals surface area contributed by atoms with Gasteiger partial charge in [-0.15, -0.1) is 0 Å². The number of aliphatic hydroxyl groups excluding tert-OH is 1. The molecule has 1 aliphatic heterocycles. The lowest BCUT2D eigenvalue weighted by molar-refractivity contribution is 0.0335. The summed E-state index contributed by atoms with van der Waals surface area (Å²) in [6.45, 7) is 0.969. The Balaban J connectivity index is 2.23. The predicted molar refractivity (Wildman–Crippen MR) is 56.5 cm³/mol. The number of likely N-dealkylation sites (tertiary alicyclic amines) is 1. The third kappa shape index (κ3) is 1.81. The van der Waals surface area contributed by atoms with Crippen molar-refractivity contribution in [3.8, 4) is 0 Å². The van der Waals surface area contributed by atoms with Gasteiger partial charge >= 0.3 is 0 Å². The number of hydrogen-bond acceptors (Lipinski definition) is 2. The molecule has 0 aliphatic carbocycles. The Morgan fingerprint density at radius 2 is 2.00 bits per heavy atom. The SMILES string of the molecule is [CH2]N1CCCC(O)C1c1ccccc1. The number of benzene rings is 1. The molecular formula is C12H16NO. The van der Waals surface area contributed by atoms with Crippen LogP contribution < -0.4 is 0 Å². The monoisotopic (exact) mass is 190 g/mol. The maximum atomic E-state index is 9.91. The first kappa shape index (κ1) is 9.69. The standard InChI is InChI=1S/C12H16NO/c1-13-9-5-8-11(14)12(13)10-6-3-2-4-7-10/h2-4,6-7,11-12,14H,1,5,8-9H2. The van der Waals surface area contributed by atoms with Crippen molar-refractivity contribution in [1.82, 2.24) is 4.90 Å². The molecule has 0 aromatic heterocycles. The van der Waals surface area contributed by atoms with Gasteiger partial charge in [0.15, 0.2) is 0 Å². The van der Waals surface area contributed by atoms with E-state index in [1.54, 1.807) is 0 Å². The van der Waals surface area contributed by atoms with Gasteiger partial charge in [-0.3, -0.25) is 4.90 Å². The number of hydrogen-bond donors (Lipinski definition) is 1. The zero-order valence-electron chi connectivity index (χ0n) is 8.26. The summed E-state index contributed by atoms with van der Waals surface area (Å²) in [6.07, 6.45) is 1.64. The van der Waals surface area contributed by atoms with Crippen LogP contribution in [0.2, 0.25) is 0 Å². The highest BCUT2D eigenvalue weighted by atomic mass is 16.3.